The van der Waals surface area contributed by atoms with Gasteiger partial charge in [0.05, 0.1) is 23.0 Å². The first-order chi connectivity index (χ1) is 10.0. The molecule has 3 nitrogen and oxygen atoms in total. The predicted molar refractivity (Wildman–Crippen MR) is 81.3 cm³/mol. The Morgan fingerprint density at radius 3 is 2.67 bits per heavy atom. The fourth-order valence-corrected chi connectivity index (χ4v) is 2.00. The van der Waals surface area contributed by atoms with Crippen molar-refractivity contribution in [3.05, 3.63) is 47.0 Å². The summed E-state index contributed by atoms with van der Waals surface area (Å²) in [4.78, 5) is 0. The summed E-state index contributed by atoms with van der Waals surface area (Å²) >= 11 is 5.84. The van der Waals surface area contributed by atoms with Crippen LogP contribution in [0.3, 0.4) is 0 Å². The summed E-state index contributed by atoms with van der Waals surface area (Å²) in [5.41, 5.74) is 6.83. The number of hydrogen-bond donors (Lipinski definition) is 2. The molecule has 0 aliphatic carbocycles. The van der Waals surface area contributed by atoms with Crippen LogP contribution in [0.1, 0.15) is 13.3 Å². The van der Waals surface area contributed by atoms with Crippen LogP contribution in [0.2, 0.25) is 5.02 Å². The van der Waals surface area contributed by atoms with E-state index in [0.29, 0.717) is 23.7 Å². The fraction of sp³-hybridized carbons (Fsp3) is 0.200. The summed E-state index contributed by atoms with van der Waals surface area (Å²) < 4.78 is 32.2. The van der Waals surface area contributed by atoms with Gasteiger partial charge in [0.2, 0.25) is 0 Å². The van der Waals surface area contributed by atoms with Gasteiger partial charge in [0.1, 0.15) is 11.6 Å². The van der Waals surface area contributed by atoms with Gasteiger partial charge >= 0.3 is 0 Å². The van der Waals surface area contributed by atoms with Crippen molar-refractivity contribution in [3.8, 4) is 5.75 Å². The fourth-order valence-electron chi connectivity index (χ4n) is 1.76. The van der Waals surface area contributed by atoms with E-state index in [1.165, 1.54) is 0 Å². The molecular formula is C15H15ClF2N2O. The third kappa shape index (κ3) is 3.76. The third-order valence-electron chi connectivity index (χ3n) is 2.75. The molecule has 0 aliphatic rings. The van der Waals surface area contributed by atoms with E-state index in [0.717, 1.165) is 18.6 Å². The molecule has 2 rings (SSSR count). The quantitative estimate of drug-likeness (QED) is 0.784. The first-order valence-electron chi connectivity index (χ1n) is 6.45. The molecule has 0 fully saturated rings. The van der Waals surface area contributed by atoms with E-state index < -0.39 is 11.6 Å². The topological polar surface area (TPSA) is 47.3 Å². The van der Waals surface area contributed by atoms with Gasteiger partial charge in [0, 0.05) is 17.8 Å². The first-order valence-corrected chi connectivity index (χ1v) is 6.83. The molecule has 0 saturated carbocycles. The Morgan fingerprint density at radius 1 is 1.24 bits per heavy atom. The second-order valence-corrected chi connectivity index (χ2v) is 4.88. The van der Waals surface area contributed by atoms with Crippen LogP contribution in [-0.2, 0) is 0 Å². The number of rotatable bonds is 5. The Kier molecular flexibility index (Phi) is 4.85. The predicted octanol–water partition coefficient (Wildman–Crippen LogP) is 4.73. The molecule has 0 radical (unpaired) electrons. The summed E-state index contributed by atoms with van der Waals surface area (Å²) in [5.74, 6) is -0.999. The lowest BCUT2D eigenvalue weighted by Gasteiger charge is -2.13. The average molecular weight is 313 g/mol. The summed E-state index contributed by atoms with van der Waals surface area (Å²) in [6.45, 7) is 2.51. The highest BCUT2D eigenvalue weighted by molar-refractivity contribution is 6.33. The van der Waals surface area contributed by atoms with Crippen molar-refractivity contribution in [1.82, 2.24) is 0 Å². The van der Waals surface area contributed by atoms with Gasteiger partial charge in [0.15, 0.2) is 5.82 Å². The van der Waals surface area contributed by atoms with Crippen molar-refractivity contribution in [2.24, 2.45) is 0 Å². The Labute approximate surface area is 126 Å². The number of anilines is 3. The van der Waals surface area contributed by atoms with Crippen molar-refractivity contribution in [2.75, 3.05) is 17.7 Å². The van der Waals surface area contributed by atoms with Gasteiger partial charge in [0.25, 0.3) is 0 Å². The molecule has 2 aromatic carbocycles. The number of ether oxygens (including phenoxy) is 1. The lowest BCUT2D eigenvalue weighted by atomic mass is 10.2. The number of benzene rings is 2. The molecule has 0 unspecified atom stereocenters. The Hall–Kier alpha value is -2.01. The molecule has 0 bridgehead atoms. The third-order valence-corrected chi connectivity index (χ3v) is 3.05. The van der Waals surface area contributed by atoms with Crippen LogP contribution in [0, 0.1) is 11.6 Å². The highest BCUT2D eigenvalue weighted by Crippen LogP contribution is 2.32. The Morgan fingerprint density at radius 2 is 2.00 bits per heavy atom. The van der Waals surface area contributed by atoms with E-state index in [-0.39, 0.29) is 10.7 Å². The smallest absolute Gasteiger partial charge is 0.151 e. The highest BCUT2D eigenvalue weighted by atomic mass is 35.5. The summed E-state index contributed by atoms with van der Waals surface area (Å²) in [6.07, 6.45) is 0.843. The standard InChI is InChI=1S/C15H15ClF2N2O/c1-2-5-21-14-8-10(3-4-13(14)19)20-15-11(16)6-9(17)7-12(15)18/h3-4,6-8,20H,2,5,19H2,1H3. The molecule has 0 amide bonds. The van der Waals surface area contributed by atoms with Crippen LogP contribution in [0.15, 0.2) is 30.3 Å². The van der Waals surface area contributed by atoms with Crippen LogP contribution >= 0.6 is 11.6 Å². The molecule has 21 heavy (non-hydrogen) atoms. The van der Waals surface area contributed by atoms with Gasteiger partial charge < -0.3 is 15.8 Å². The van der Waals surface area contributed by atoms with Crippen molar-refractivity contribution >= 4 is 28.7 Å². The normalized spacial score (nSPS) is 10.5. The van der Waals surface area contributed by atoms with E-state index in [2.05, 4.69) is 5.32 Å². The van der Waals surface area contributed by atoms with Gasteiger partial charge in [-0.25, -0.2) is 8.78 Å². The maximum absolute atomic E-state index is 13.7. The average Bonchev–Trinajstić information content (AvgIpc) is 2.43. The lowest BCUT2D eigenvalue weighted by Crippen LogP contribution is -2.01. The van der Waals surface area contributed by atoms with E-state index >= 15 is 0 Å². The molecule has 0 aliphatic heterocycles. The highest BCUT2D eigenvalue weighted by Gasteiger charge is 2.11. The minimum absolute atomic E-state index is 0.00396. The van der Waals surface area contributed by atoms with E-state index in [4.69, 9.17) is 22.1 Å². The number of halogens is 3. The van der Waals surface area contributed by atoms with Gasteiger partial charge in [-0.05, 0) is 24.6 Å². The molecule has 0 aromatic heterocycles. The maximum Gasteiger partial charge on any atom is 0.151 e. The zero-order valence-electron chi connectivity index (χ0n) is 11.4. The van der Waals surface area contributed by atoms with Gasteiger partial charge in [-0.15, -0.1) is 0 Å². The molecular weight excluding hydrogens is 298 g/mol. The largest absolute Gasteiger partial charge is 0.491 e. The molecule has 2 aromatic rings. The summed E-state index contributed by atoms with van der Waals surface area (Å²) in [7, 11) is 0. The van der Waals surface area contributed by atoms with Crippen LogP contribution in [-0.4, -0.2) is 6.61 Å². The molecule has 0 atom stereocenters. The molecule has 0 heterocycles. The number of nitrogen functional groups attached to an aromatic ring is 1. The van der Waals surface area contributed by atoms with Gasteiger partial charge in [-0.1, -0.05) is 18.5 Å². The van der Waals surface area contributed by atoms with Crippen LogP contribution in [0.5, 0.6) is 5.75 Å². The van der Waals surface area contributed by atoms with Crippen LogP contribution in [0.25, 0.3) is 0 Å². The van der Waals surface area contributed by atoms with Crippen molar-refractivity contribution in [2.45, 2.75) is 13.3 Å². The van der Waals surface area contributed by atoms with Crippen LogP contribution in [0.4, 0.5) is 25.8 Å². The minimum atomic E-state index is -0.771. The van der Waals surface area contributed by atoms with Gasteiger partial charge in [-0.2, -0.15) is 0 Å². The Balaban J connectivity index is 2.28. The van der Waals surface area contributed by atoms with Gasteiger partial charge in [-0.3, -0.25) is 0 Å². The number of nitrogens with two attached hydrogens (primary N) is 1. The molecule has 112 valence electrons. The summed E-state index contributed by atoms with van der Waals surface area (Å²) in [5, 5.41) is 2.76. The summed E-state index contributed by atoms with van der Waals surface area (Å²) in [6, 6.07) is 6.75. The number of hydrogen-bond acceptors (Lipinski definition) is 3. The number of nitrogens with one attached hydrogen (secondary N) is 1. The Bertz CT molecular complexity index is 627. The molecule has 3 N–H and O–H groups in total. The SMILES string of the molecule is CCCOc1cc(Nc2c(F)cc(F)cc2Cl)ccc1N. The van der Waals surface area contributed by atoms with Crippen molar-refractivity contribution < 1.29 is 13.5 Å². The van der Waals surface area contributed by atoms with E-state index in [1.54, 1.807) is 18.2 Å². The van der Waals surface area contributed by atoms with Crippen molar-refractivity contribution in [3.63, 3.8) is 0 Å². The molecule has 0 saturated heterocycles. The minimum Gasteiger partial charge on any atom is -0.491 e. The van der Waals surface area contributed by atoms with Crippen LogP contribution < -0.4 is 15.8 Å². The lowest BCUT2D eigenvalue weighted by molar-refractivity contribution is 0.319. The van der Waals surface area contributed by atoms with E-state index in [9.17, 15) is 8.78 Å². The first kappa shape index (κ1) is 15.4. The molecule has 6 heteroatoms. The second kappa shape index (κ2) is 6.63. The monoisotopic (exact) mass is 312 g/mol. The molecule has 0 spiro atoms. The second-order valence-electron chi connectivity index (χ2n) is 4.47. The zero-order chi connectivity index (χ0) is 15.4. The van der Waals surface area contributed by atoms with E-state index in [1.807, 2.05) is 6.92 Å². The zero-order valence-corrected chi connectivity index (χ0v) is 12.2. The maximum atomic E-state index is 13.7. The van der Waals surface area contributed by atoms with Crippen molar-refractivity contribution in [1.29, 1.82) is 0 Å².